The van der Waals surface area contributed by atoms with Gasteiger partial charge in [0.05, 0.1) is 43.9 Å². The topological polar surface area (TPSA) is 118 Å². The van der Waals surface area contributed by atoms with Gasteiger partial charge in [0.15, 0.2) is 5.82 Å². The first-order valence-corrected chi connectivity index (χ1v) is 15.5. The van der Waals surface area contributed by atoms with Crippen LogP contribution < -0.4 is 15.4 Å². The third-order valence-electron chi connectivity index (χ3n) is 7.04. The molecule has 0 spiro atoms. The summed E-state index contributed by atoms with van der Waals surface area (Å²) < 4.78 is 43.6. The minimum absolute atomic E-state index is 0.0103. The molecule has 0 fully saturated rings. The van der Waals surface area contributed by atoms with E-state index in [1.54, 1.807) is 33.5 Å². The summed E-state index contributed by atoms with van der Waals surface area (Å²) in [5.41, 5.74) is 3.38. The van der Waals surface area contributed by atoms with Gasteiger partial charge in [0.1, 0.15) is 15.7 Å². The molecule has 2 N–H and O–H groups in total. The van der Waals surface area contributed by atoms with Crippen molar-refractivity contribution in [1.29, 1.82) is 0 Å². The molecule has 228 valence electrons. The molecule has 2 aromatic carbocycles. The van der Waals surface area contributed by atoms with Gasteiger partial charge in [0.2, 0.25) is 16.0 Å². The maximum atomic E-state index is 12.9. The number of ether oxygens (including phenoxy) is 3. The van der Waals surface area contributed by atoms with E-state index in [9.17, 15) is 8.42 Å². The van der Waals surface area contributed by atoms with Crippen LogP contribution in [0.5, 0.6) is 5.75 Å². The van der Waals surface area contributed by atoms with Crippen LogP contribution in [-0.2, 0) is 32.3 Å². The summed E-state index contributed by atoms with van der Waals surface area (Å²) in [6.45, 7) is 2.94. The third-order valence-corrected chi connectivity index (χ3v) is 9.41. The zero-order valence-corrected chi connectivity index (χ0v) is 26.6. The van der Waals surface area contributed by atoms with E-state index in [-0.39, 0.29) is 38.4 Å². The van der Waals surface area contributed by atoms with Crippen molar-refractivity contribution in [2.45, 2.75) is 23.8 Å². The normalized spacial score (nSPS) is 14.1. The Bertz CT molecular complexity index is 1500. The molecule has 0 aliphatic carbocycles. The quantitative estimate of drug-likeness (QED) is 0.291. The zero-order valence-electron chi connectivity index (χ0n) is 24.3. The van der Waals surface area contributed by atoms with Gasteiger partial charge in [-0.1, -0.05) is 23.2 Å². The molecule has 0 radical (unpaired) electrons. The van der Waals surface area contributed by atoms with Crippen molar-refractivity contribution < 1.29 is 22.6 Å². The number of fused-ring (bicyclic) bond motifs is 1. The van der Waals surface area contributed by atoms with E-state index in [2.05, 4.69) is 31.6 Å². The van der Waals surface area contributed by atoms with Crippen LogP contribution in [0.25, 0.3) is 0 Å². The molecule has 0 amide bonds. The second kappa shape index (κ2) is 14.2. The number of anilines is 4. The van der Waals surface area contributed by atoms with Gasteiger partial charge in [0, 0.05) is 46.4 Å². The van der Waals surface area contributed by atoms with Crippen molar-refractivity contribution in [1.82, 2.24) is 19.2 Å². The first-order valence-electron chi connectivity index (χ1n) is 13.3. The van der Waals surface area contributed by atoms with Crippen LogP contribution in [0.15, 0.2) is 41.4 Å². The summed E-state index contributed by atoms with van der Waals surface area (Å²) in [5.74, 6) is 1.12. The Balaban J connectivity index is 1.60. The van der Waals surface area contributed by atoms with Crippen molar-refractivity contribution in [2.75, 3.05) is 72.4 Å². The maximum Gasteiger partial charge on any atom is 0.244 e. The van der Waals surface area contributed by atoms with Crippen LogP contribution in [0, 0.1) is 0 Å². The lowest BCUT2D eigenvalue weighted by Gasteiger charge is -2.29. The highest BCUT2D eigenvalue weighted by molar-refractivity contribution is 7.89. The molecule has 11 nitrogen and oxygen atoms in total. The summed E-state index contributed by atoms with van der Waals surface area (Å²) in [7, 11) is 4.12. The molecule has 14 heteroatoms. The highest BCUT2D eigenvalue weighted by Gasteiger charge is 2.25. The predicted octanol–water partition coefficient (Wildman–Crippen LogP) is 4.59. The molecule has 4 rings (SSSR count). The fourth-order valence-corrected chi connectivity index (χ4v) is 6.26. The average molecular weight is 640 g/mol. The van der Waals surface area contributed by atoms with Gasteiger partial charge in [-0.2, -0.15) is 4.98 Å². The first-order chi connectivity index (χ1) is 20.1. The van der Waals surface area contributed by atoms with E-state index in [1.807, 2.05) is 6.07 Å². The number of methoxy groups -OCH3 is 3. The van der Waals surface area contributed by atoms with E-state index in [1.165, 1.54) is 37.5 Å². The molecule has 0 unspecified atom stereocenters. The Morgan fingerprint density at radius 1 is 0.976 bits per heavy atom. The van der Waals surface area contributed by atoms with Crippen LogP contribution in [0.2, 0.25) is 10.0 Å². The van der Waals surface area contributed by atoms with Gasteiger partial charge in [0.25, 0.3) is 0 Å². The molecule has 1 aliphatic heterocycles. The van der Waals surface area contributed by atoms with Crippen molar-refractivity contribution in [2.24, 2.45) is 0 Å². The molecule has 0 saturated heterocycles. The number of hydrogen-bond donors (Lipinski definition) is 2. The molecule has 3 aromatic rings. The molecule has 0 saturated carbocycles. The molecule has 42 heavy (non-hydrogen) atoms. The van der Waals surface area contributed by atoms with E-state index in [0.717, 1.165) is 30.2 Å². The number of benzene rings is 2. The van der Waals surface area contributed by atoms with E-state index < -0.39 is 10.0 Å². The number of rotatable bonds is 12. The number of nitrogens with zero attached hydrogens (tertiary/aromatic N) is 4. The lowest BCUT2D eigenvalue weighted by molar-refractivity contribution is 0.0377. The highest BCUT2D eigenvalue weighted by atomic mass is 35.5. The van der Waals surface area contributed by atoms with Crippen LogP contribution in [0.3, 0.4) is 0 Å². The number of halogens is 2. The minimum Gasteiger partial charge on any atom is -0.495 e. The van der Waals surface area contributed by atoms with Gasteiger partial charge >= 0.3 is 0 Å². The Hall–Kier alpha value is -2.71. The molecule has 0 atom stereocenters. The van der Waals surface area contributed by atoms with Gasteiger partial charge in [-0.15, -0.1) is 0 Å². The van der Waals surface area contributed by atoms with Crippen LogP contribution >= 0.6 is 23.2 Å². The van der Waals surface area contributed by atoms with E-state index >= 15 is 0 Å². The van der Waals surface area contributed by atoms with Crippen molar-refractivity contribution in [3.05, 3.63) is 57.7 Å². The standard InChI is InChI=1S/C28H36Cl2N6O5S/c1-35(2)42(37,38)26-14-20(29)6-7-23(26)32-27-22(30)15-31-28(34-27)33-24-12-18-8-10-36(21(16-39-3)17-40-4)11-9-19(18)13-25(24)41-5/h6-7,12-15,21H,8-11,16-17H2,1-5H3,(H2,31,32,33,34). The van der Waals surface area contributed by atoms with E-state index in [4.69, 9.17) is 37.4 Å². The third kappa shape index (κ3) is 7.43. The van der Waals surface area contributed by atoms with E-state index in [0.29, 0.717) is 24.7 Å². The number of nitrogens with one attached hydrogen (secondary N) is 2. The average Bonchev–Trinajstić information content (AvgIpc) is 3.17. The van der Waals surface area contributed by atoms with Crippen LogP contribution in [-0.4, -0.2) is 95.4 Å². The second-order valence-corrected chi connectivity index (χ2v) is 13.0. The molecule has 1 aliphatic rings. The Kier molecular flexibility index (Phi) is 10.9. The Morgan fingerprint density at radius 2 is 1.64 bits per heavy atom. The lowest BCUT2D eigenvalue weighted by atomic mass is 10.0. The second-order valence-electron chi connectivity index (χ2n) is 9.99. The molecular formula is C28H36Cl2N6O5S. The largest absolute Gasteiger partial charge is 0.495 e. The van der Waals surface area contributed by atoms with Gasteiger partial charge in [-0.3, -0.25) is 4.90 Å². The summed E-state index contributed by atoms with van der Waals surface area (Å²) in [5, 5.41) is 6.77. The fourth-order valence-electron chi connectivity index (χ4n) is 4.82. The van der Waals surface area contributed by atoms with Crippen LogP contribution in [0.1, 0.15) is 11.1 Å². The SMILES string of the molecule is COCC(COC)N1CCc2cc(Nc3ncc(Cl)c(Nc4ccc(Cl)cc4S(=O)(=O)N(C)C)n3)c(OC)cc2CC1. The predicted molar refractivity (Wildman–Crippen MR) is 165 cm³/mol. The van der Waals surface area contributed by atoms with Crippen LogP contribution in [0.4, 0.5) is 23.1 Å². The Labute approximate surface area is 257 Å². The van der Waals surface area contributed by atoms with Gasteiger partial charge in [-0.25, -0.2) is 17.7 Å². The number of sulfonamides is 1. The summed E-state index contributed by atoms with van der Waals surface area (Å²) in [4.78, 5) is 11.3. The summed E-state index contributed by atoms with van der Waals surface area (Å²) in [6, 6.07) is 8.81. The molecule has 0 bridgehead atoms. The van der Waals surface area contributed by atoms with Crippen molar-refractivity contribution in [3.8, 4) is 5.75 Å². The van der Waals surface area contributed by atoms with Crippen molar-refractivity contribution in [3.63, 3.8) is 0 Å². The molecule has 1 aromatic heterocycles. The lowest BCUT2D eigenvalue weighted by Crippen LogP contribution is -2.43. The van der Waals surface area contributed by atoms with Gasteiger partial charge in [-0.05, 0) is 54.3 Å². The summed E-state index contributed by atoms with van der Waals surface area (Å²) >= 11 is 12.5. The fraction of sp³-hybridized carbons (Fsp3) is 0.429. The molecular weight excluding hydrogens is 603 g/mol. The zero-order chi connectivity index (χ0) is 30.4. The van der Waals surface area contributed by atoms with Gasteiger partial charge < -0.3 is 24.8 Å². The monoisotopic (exact) mass is 638 g/mol. The number of hydrogen-bond acceptors (Lipinski definition) is 10. The van der Waals surface area contributed by atoms with Crippen molar-refractivity contribution >= 4 is 56.4 Å². The highest BCUT2D eigenvalue weighted by Crippen LogP contribution is 2.35. The Morgan fingerprint density at radius 3 is 2.26 bits per heavy atom. The summed E-state index contributed by atoms with van der Waals surface area (Å²) in [6.07, 6.45) is 3.14. The molecule has 2 heterocycles. The first kappa shape index (κ1) is 32.2. The smallest absolute Gasteiger partial charge is 0.244 e. The maximum absolute atomic E-state index is 12.9. The number of aromatic nitrogens is 2. The minimum atomic E-state index is -3.81.